The van der Waals surface area contributed by atoms with Gasteiger partial charge in [0.1, 0.15) is 0 Å². The molecule has 150 valence electrons. The molecule has 0 atom stereocenters. The summed E-state index contributed by atoms with van der Waals surface area (Å²) in [4.78, 5) is 35.4. The summed E-state index contributed by atoms with van der Waals surface area (Å²) in [5, 5.41) is 22.4. The standard InChI is InChI=1S/C19H17N3O6S/c1-2-27-16-8-7-13(11-15(16)22(25)26)19(24)28-12-18(23)21-14-5-3-4-6-17(14)29-10-9-20/h3-8,11H,2,10,12H2,1H3,(H,21,23). The third-order valence-corrected chi connectivity index (χ3v) is 4.42. The number of nitrogens with one attached hydrogen (secondary N) is 1. The number of hydrogen-bond donors (Lipinski definition) is 1. The number of carbonyl (C=O) groups excluding carboxylic acids is 2. The van der Waals surface area contributed by atoms with Crippen LogP contribution >= 0.6 is 11.8 Å². The van der Waals surface area contributed by atoms with Crippen LogP contribution in [0.25, 0.3) is 0 Å². The highest BCUT2D eigenvalue weighted by Crippen LogP contribution is 2.28. The Hall–Kier alpha value is -3.58. The number of thioether (sulfide) groups is 1. The van der Waals surface area contributed by atoms with Gasteiger partial charge in [0.25, 0.3) is 5.91 Å². The van der Waals surface area contributed by atoms with E-state index in [0.717, 1.165) is 6.07 Å². The number of amides is 1. The highest BCUT2D eigenvalue weighted by atomic mass is 32.2. The van der Waals surface area contributed by atoms with Gasteiger partial charge < -0.3 is 14.8 Å². The molecular weight excluding hydrogens is 398 g/mol. The molecule has 0 spiro atoms. The number of para-hydroxylation sites is 1. The minimum absolute atomic E-state index is 0.0401. The largest absolute Gasteiger partial charge is 0.487 e. The monoisotopic (exact) mass is 415 g/mol. The van der Waals surface area contributed by atoms with Crippen molar-refractivity contribution < 1.29 is 24.0 Å². The molecule has 0 saturated heterocycles. The van der Waals surface area contributed by atoms with E-state index in [2.05, 4.69) is 5.32 Å². The Kier molecular flexibility index (Phi) is 8.00. The number of nitriles is 1. The molecule has 0 heterocycles. The van der Waals surface area contributed by atoms with Crippen molar-refractivity contribution in [2.24, 2.45) is 0 Å². The number of nitro benzene ring substituents is 1. The Morgan fingerprint density at radius 1 is 1.28 bits per heavy atom. The summed E-state index contributed by atoms with van der Waals surface area (Å²) in [6.45, 7) is 1.34. The molecule has 1 amide bonds. The zero-order valence-electron chi connectivity index (χ0n) is 15.4. The summed E-state index contributed by atoms with van der Waals surface area (Å²) in [6, 6.07) is 12.6. The Morgan fingerprint density at radius 2 is 2.03 bits per heavy atom. The van der Waals surface area contributed by atoms with Crippen LogP contribution in [0.5, 0.6) is 5.75 Å². The first-order valence-corrected chi connectivity index (χ1v) is 9.41. The molecule has 29 heavy (non-hydrogen) atoms. The second kappa shape index (κ2) is 10.7. The summed E-state index contributed by atoms with van der Waals surface area (Å²) in [5.74, 6) is -1.20. The Morgan fingerprint density at radius 3 is 2.72 bits per heavy atom. The van der Waals surface area contributed by atoms with Crippen molar-refractivity contribution in [2.75, 3.05) is 24.3 Å². The molecule has 0 aliphatic carbocycles. The molecule has 0 bridgehead atoms. The molecular formula is C19H17N3O6S. The van der Waals surface area contributed by atoms with E-state index in [1.807, 2.05) is 6.07 Å². The second-order valence-electron chi connectivity index (χ2n) is 5.44. The zero-order valence-corrected chi connectivity index (χ0v) is 16.2. The van der Waals surface area contributed by atoms with Crippen LogP contribution in [0, 0.1) is 21.4 Å². The fraction of sp³-hybridized carbons (Fsp3) is 0.211. The molecule has 2 rings (SSSR count). The molecule has 0 unspecified atom stereocenters. The summed E-state index contributed by atoms with van der Waals surface area (Å²) in [5.41, 5.74) is 0.0534. The number of esters is 1. The second-order valence-corrected chi connectivity index (χ2v) is 6.46. The van der Waals surface area contributed by atoms with E-state index < -0.39 is 23.4 Å². The number of carbonyl (C=O) groups is 2. The SMILES string of the molecule is CCOc1ccc(C(=O)OCC(=O)Nc2ccccc2SCC#N)cc1[N+](=O)[O-]. The molecule has 10 heteroatoms. The van der Waals surface area contributed by atoms with Crippen LogP contribution in [0.1, 0.15) is 17.3 Å². The molecule has 0 saturated carbocycles. The number of rotatable bonds is 9. The van der Waals surface area contributed by atoms with Crippen LogP contribution in [0.15, 0.2) is 47.4 Å². The molecule has 1 N–H and O–H groups in total. The molecule has 0 fully saturated rings. The van der Waals surface area contributed by atoms with Gasteiger partial charge in [0.2, 0.25) is 0 Å². The normalized spacial score (nSPS) is 9.93. The van der Waals surface area contributed by atoms with Crippen LogP contribution in [0.4, 0.5) is 11.4 Å². The number of nitro groups is 1. The van der Waals surface area contributed by atoms with Crippen molar-refractivity contribution in [1.29, 1.82) is 5.26 Å². The maximum Gasteiger partial charge on any atom is 0.338 e. The quantitative estimate of drug-likeness (QED) is 0.285. The van der Waals surface area contributed by atoms with Gasteiger partial charge in [-0.3, -0.25) is 14.9 Å². The lowest BCUT2D eigenvalue weighted by atomic mass is 10.2. The number of nitrogens with zero attached hydrogens (tertiary/aromatic N) is 2. The lowest BCUT2D eigenvalue weighted by molar-refractivity contribution is -0.385. The fourth-order valence-electron chi connectivity index (χ4n) is 2.27. The first-order valence-electron chi connectivity index (χ1n) is 8.43. The van der Waals surface area contributed by atoms with E-state index in [1.165, 1.54) is 23.9 Å². The molecule has 0 aliphatic rings. The van der Waals surface area contributed by atoms with Gasteiger partial charge in [-0.1, -0.05) is 12.1 Å². The maximum atomic E-state index is 12.1. The zero-order chi connectivity index (χ0) is 21.2. The number of hydrogen-bond acceptors (Lipinski definition) is 8. The van der Waals surface area contributed by atoms with Gasteiger partial charge in [0.05, 0.1) is 34.6 Å². The van der Waals surface area contributed by atoms with Crippen molar-refractivity contribution in [3.05, 3.63) is 58.1 Å². The average Bonchev–Trinajstić information content (AvgIpc) is 2.71. The average molecular weight is 415 g/mol. The third-order valence-electron chi connectivity index (χ3n) is 3.48. The first kappa shape index (κ1) is 21.7. The van der Waals surface area contributed by atoms with E-state index in [0.29, 0.717) is 10.6 Å². The Labute approximate surface area is 170 Å². The van der Waals surface area contributed by atoms with Crippen molar-refractivity contribution in [3.63, 3.8) is 0 Å². The summed E-state index contributed by atoms with van der Waals surface area (Å²) in [7, 11) is 0. The van der Waals surface area contributed by atoms with Crippen molar-refractivity contribution in [3.8, 4) is 11.8 Å². The Balaban J connectivity index is 2.01. The lowest BCUT2D eigenvalue weighted by Crippen LogP contribution is -2.21. The number of ether oxygens (including phenoxy) is 2. The van der Waals surface area contributed by atoms with E-state index >= 15 is 0 Å². The van der Waals surface area contributed by atoms with Crippen LogP contribution in [0.2, 0.25) is 0 Å². The first-order chi connectivity index (χ1) is 14.0. The molecule has 9 nitrogen and oxygen atoms in total. The summed E-state index contributed by atoms with van der Waals surface area (Å²) >= 11 is 1.26. The number of benzene rings is 2. The minimum Gasteiger partial charge on any atom is -0.487 e. The highest BCUT2D eigenvalue weighted by Gasteiger charge is 2.20. The topological polar surface area (TPSA) is 132 Å². The van der Waals surface area contributed by atoms with E-state index in [-0.39, 0.29) is 29.4 Å². The van der Waals surface area contributed by atoms with Crippen molar-refractivity contribution >= 4 is 35.0 Å². The van der Waals surface area contributed by atoms with Gasteiger partial charge in [-0.25, -0.2) is 4.79 Å². The van der Waals surface area contributed by atoms with E-state index in [9.17, 15) is 19.7 Å². The van der Waals surface area contributed by atoms with Gasteiger partial charge in [-0.05, 0) is 31.2 Å². The maximum absolute atomic E-state index is 12.1. The Bertz CT molecular complexity index is 957. The fourth-order valence-corrected chi connectivity index (χ4v) is 2.94. The van der Waals surface area contributed by atoms with Gasteiger partial charge in [-0.2, -0.15) is 5.26 Å². The summed E-state index contributed by atoms with van der Waals surface area (Å²) < 4.78 is 10.1. The predicted octanol–water partition coefficient (Wildman–Crippen LogP) is 3.40. The van der Waals surface area contributed by atoms with Crippen LogP contribution < -0.4 is 10.1 Å². The predicted molar refractivity (Wildman–Crippen MR) is 106 cm³/mol. The lowest BCUT2D eigenvalue weighted by Gasteiger charge is -2.10. The van der Waals surface area contributed by atoms with Crippen molar-refractivity contribution in [2.45, 2.75) is 11.8 Å². The molecule has 0 aliphatic heterocycles. The number of anilines is 1. The van der Waals surface area contributed by atoms with Gasteiger partial charge in [-0.15, -0.1) is 11.8 Å². The van der Waals surface area contributed by atoms with E-state index in [1.54, 1.807) is 31.2 Å². The van der Waals surface area contributed by atoms with Crippen molar-refractivity contribution in [1.82, 2.24) is 0 Å². The van der Waals surface area contributed by atoms with Crippen LogP contribution in [0.3, 0.4) is 0 Å². The highest BCUT2D eigenvalue weighted by molar-refractivity contribution is 7.99. The van der Waals surface area contributed by atoms with E-state index in [4.69, 9.17) is 14.7 Å². The molecule has 0 radical (unpaired) electrons. The van der Waals surface area contributed by atoms with Gasteiger partial charge in [0.15, 0.2) is 12.4 Å². The molecule has 2 aromatic carbocycles. The van der Waals surface area contributed by atoms with Crippen LogP contribution in [-0.4, -0.2) is 35.8 Å². The van der Waals surface area contributed by atoms with Gasteiger partial charge >= 0.3 is 11.7 Å². The minimum atomic E-state index is -0.876. The molecule has 0 aromatic heterocycles. The van der Waals surface area contributed by atoms with Gasteiger partial charge in [0, 0.05) is 11.0 Å². The smallest absolute Gasteiger partial charge is 0.338 e. The third kappa shape index (κ3) is 6.22. The van der Waals surface area contributed by atoms with Crippen LogP contribution in [-0.2, 0) is 9.53 Å². The summed E-state index contributed by atoms with van der Waals surface area (Å²) in [6.07, 6.45) is 0. The molecule has 2 aromatic rings.